The Morgan fingerprint density at radius 1 is 1.14 bits per heavy atom. The predicted octanol–water partition coefficient (Wildman–Crippen LogP) is 4.60. The lowest BCUT2D eigenvalue weighted by molar-refractivity contribution is 0.0524. The molecule has 0 unspecified atom stereocenters. The molecule has 8 heteroatoms. The molecule has 0 spiro atoms. The topological polar surface area (TPSA) is 77.6 Å². The molecule has 0 aliphatic rings. The number of carbonyl (C=O) groups excluding carboxylic acids is 1. The highest BCUT2D eigenvalue weighted by atomic mass is 35.5. The number of H-pyrrole nitrogens is 1. The fraction of sp³-hybridized carbons (Fsp3) is 0.200. The molecule has 0 aliphatic heterocycles. The number of nitrogens with one attached hydrogen (secondary N) is 1. The van der Waals surface area contributed by atoms with Crippen LogP contribution in [0.1, 0.15) is 22.8 Å². The molecule has 28 heavy (non-hydrogen) atoms. The van der Waals surface area contributed by atoms with Crippen molar-refractivity contribution in [1.29, 1.82) is 0 Å². The third-order valence-electron chi connectivity index (χ3n) is 4.06. The van der Waals surface area contributed by atoms with Crippen molar-refractivity contribution in [2.24, 2.45) is 0 Å². The number of carbonyl (C=O) groups is 1. The molecule has 1 aromatic heterocycles. The SMILES string of the molecule is CCOC(=O)c1c[nH]c2cc(OC)c(OCc3ccc(Cl)cc3Cl)cc2c1=O. The quantitative estimate of drug-likeness (QED) is 0.588. The molecule has 0 amide bonds. The first-order valence-electron chi connectivity index (χ1n) is 8.41. The number of fused-ring (bicyclic) bond motifs is 1. The van der Waals surface area contributed by atoms with Crippen LogP contribution >= 0.6 is 23.2 Å². The number of halogens is 2. The number of rotatable bonds is 6. The first-order chi connectivity index (χ1) is 13.4. The van der Waals surface area contributed by atoms with Crippen molar-refractivity contribution in [2.75, 3.05) is 13.7 Å². The molecule has 1 heterocycles. The van der Waals surface area contributed by atoms with Crippen molar-refractivity contribution < 1.29 is 19.0 Å². The van der Waals surface area contributed by atoms with E-state index < -0.39 is 11.4 Å². The molecule has 0 fully saturated rings. The molecule has 3 aromatic rings. The molecule has 0 saturated carbocycles. The van der Waals surface area contributed by atoms with Gasteiger partial charge in [0.05, 0.1) is 24.6 Å². The monoisotopic (exact) mass is 421 g/mol. The second kappa shape index (κ2) is 8.54. The molecule has 1 N–H and O–H groups in total. The maximum atomic E-state index is 12.7. The standard InChI is InChI=1S/C20H17Cl2NO5/c1-3-27-20(25)14-9-23-16-8-17(26-2)18(7-13(16)19(14)24)28-10-11-4-5-12(21)6-15(11)22/h4-9H,3,10H2,1-2H3,(H,23,24). The maximum absolute atomic E-state index is 12.7. The second-order valence-corrected chi connectivity index (χ2v) is 6.67. The number of esters is 1. The lowest BCUT2D eigenvalue weighted by Crippen LogP contribution is -2.18. The minimum atomic E-state index is -0.683. The maximum Gasteiger partial charge on any atom is 0.343 e. The number of pyridine rings is 1. The van der Waals surface area contributed by atoms with E-state index >= 15 is 0 Å². The second-order valence-electron chi connectivity index (χ2n) is 5.83. The lowest BCUT2D eigenvalue weighted by Gasteiger charge is -2.13. The average molecular weight is 422 g/mol. The van der Waals surface area contributed by atoms with Crippen molar-refractivity contribution in [3.05, 3.63) is 67.9 Å². The van der Waals surface area contributed by atoms with Gasteiger partial charge in [-0.3, -0.25) is 4.79 Å². The van der Waals surface area contributed by atoms with Gasteiger partial charge in [-0.1, -0.05) is 29.3 Å². The Hall–Kier alpha value is -2.70. The van der Waals surface area contributed by atoms with Gasteiger partial charge in [0.15, 0.2) is 11.5 Å². The highest BCUT2D eigenvalue weighted by Crippen LogP contribution is 2.32. The number of aromatic nitrogens is 1. The van der Waals surface area contributed by atoms with Crippen LogP contribution in [0.4, 0.5) is 0 Å². The van der Waals surface area contributed by atoms with E-state index in [-0.39, 0.29) is 24.2 Å². The first kappa shape index (κ1) is 20.0. The highest BCUT2D eigenvalue weighted by molar-refractivity contribution is 6.35. The molecule has 3 rings (SSSR count). The number of methoxy groups -OCH3 is 1. The van der Waals surface area contributed by atoms with Gasteiger partial charge in [-0.2, -0.15) is 0 Å². The van der Waals surface area contributed by atoms with Gasteiger partial charge in [0.2, 0.25) is 5.43 Å². The van der Waals surface area contributed by atoms with Crippen LogP contribution in [-0.4, -0.2) is 24.7 Å². The smallest absolute Gasteiger partial charge is 0.343 e. The van der Waals surface area contributed by atoms with E-state index in [0.29, 0.717) is 27.1 Å². The fourth-order valence-electron chi connectivity index (χ4n) is 2.65. The van der Waals surface area contributed by atoms with Crippen molar-refractivity contribution in [3.8, 4) is 11.5 Å². The van der Waals surface area contributed by atoms with Gasteiger partial charge in [0, 0.05) is 27.9 Å². The van der Waals surface area contributed by atoms with Crippen LogP contribution in [0.2, 0.25) is 10.0 Å². The van der Waals surface area contributed by atoms with Crippen LogP contribution in [-0.2, 0) is 11.3 Å². The summed E-state index contributed by atoms with van der Waals surface area (Å²) in [7, 11) is 1.49. The summed E-state index contributed by atoms with van der Waals surface area (Å²) in [6, 6.07) is 8.24. The Labute approximate surface area is 170 Å². The Morgan fingerprint density at radius 2 is 1.93 bits per heavy atom. The molecule has 6 nitrogen and oxygen atoms in total. The van der Waals surface area contributed by atoms with Crippen LogP contribution in [0, 0.1) is 0 Å². The van der Waals surface area contributed by atoms with Crippen molar-refractivity contribution >= 4 is 40.1 Å². The third-order valence-corrected chi connectivity index (χ3v) is 4.65. The van der Waals surface area contributed by atoms with Gasteiger partial charge < -0.3 is 19.2 Å². The largest absolute Gasteiger partial charge is 0.493 e. The molecule has 0 saturated heterocycles. The Morgan fingerprint density at radius 3 is 2.61 bits per heavy atom. The Kier molecular flexibility index (Phi) is 6.11. The predicted molar refractivity (Wildman–Crippen MR) is 108 cm³/mol. The summed E-state index contributed by atoms with van der Waals surface area (Å²) in [5.74, 6) is 0.0847. The summed E-state index contributed by atoms with van der Waals surface area (Å²) in [5.41, 5.74) is 0.699. The van der Waals surface area contributed by atoms with Crippen LogP contribution in [0.15, 0.2) is 41.3 Å². The van der Waals surface area contributed by atoms with Gasteiger partial charge in [-0.05, 0) is 25.1 Å². The molecule has 2 aromatic carbocycles. The molecular formula is C20H17Cl2NO5. The van der Waals surface area contributed by atoms with Gasteiger partial charge in [0.1, 0.15) is 12.2 Å². The molecular weight excluding hydrogens is 405 g/mol. The van der Waals surface area contributed by atoms with E-state index in [4.69, 9.17) is 37.4 Å². The summed E-state index contributed by atoms with van der Waals surface area (Å²) in [6.45, 7) is 1.99. The third kappa shape index (κ3) is 4.08. The first-order valence-corrected chi connectivity index (χ1v) is 9.17. The van der Waals surface area contributed by atoms with Crippen molar-refractivity contribution in [1.82, 2.24) is 4.98 Å². The van der Waals surface area contributed by atoms with E-state index in [9.17, 15) is 9.59 Å². The molecule has 146 valence electrons. The number of aromatic amines is 1. The normalized spacial score (nSPS) is 10.7. The lowest BCUT2D eigenvalue weighted by atomic mass is 10.1. The Bertz CT molecular complexity index is 1090. The van der Waals surface area contributed by atoms with Crippen LogP contribution in [0.5, 0.6) is 11.5 Å². The number of ether oxygens (including phenoxy) is 3. The van der Waals surface area contributed by atoms with Gasteiger partial charge in [-0.25, -0.2) is 4.79 Å². The summed E-state index contributed by atoms with van der Waals surface area (Å²) in [4.78, 5) is 27.6. The molecule has 0 aliphatic carbocycles. The van der Waals surface area contributed by atoms with E-state index in [1.54, 1.807) is 31.2 Å². The van der Waals surface area contributed by atoms with Crippen LogP contribution < -0.4 is 14.9 Å². The molecule has 0 bridgehead atoms. The fourth-order valence-corrected chi connectivity index (χ4v) is 3.12. The minimum absolute atomic E-state index is 0.0776. The van der Waals surface area contributed by atoms with Gasteiger partial charge in [0.25, 0.3) is 0 Å². The van der Waals surface area contributed by atoms with E-state index in [1.807, 2.05) is 0 Å². The van der Waals surface area contributed by atoms with Crippen molar-refractivity contribution in [3.63, 3.8) is 0 Å². The zero-order valence-electron chi connectivity index (χ0n) is 15.2. The Balaban J connectivity index is 1.99. The number of benzene rings is 2. The minimum Gasteiger partial charge on any atom is -0.493 e. The van der Waals surface area contributed by atoms with Crippen LogP contribution in [0.3, 0.4) is 0 Å². The van der Waals surface area contributed by atoms with E-state index in [0.717, 1.165) is 5.56 Å². The summed E-state index contributed by atoms with van der Waals surface area (Å²) in [5, 5.41) is 1.27. The van der Waals surface area contributed by atoms with Crippen molar-refractivity contribution in [2.45, 2.75) is 13.5 Å². The summed E-state index contributed by atoms with van der Waals surface area (Å²) < 4.78 is 16.1. The van der Waals surface area contributed by atoms with Gasteiger partial charge in [-0.15, -0.1) is 0 Å². The van der Waals surface area contributed by atoms with Gasteiger partial charge >= 0.3 is 5.97 Å². The van der Waals surface area contributed by atoms with Crippen LogP contribution in [0.25, 0.3) is 10.9 Å². The summed E-state index contributed by atoms with van der Waals surface area (Å²) in [6.07, 6.45) is 1.33. The molecule has 0 atom stereocenters. The zero-order chi connectivity index (χ0) is 20.3. The average Bonchev–Trinajstić information content (AvgIpc) is 2.67. The number of hydrogen-bond donors (Lipinski definition) is 1. The van der Waals surface area contributed by atoms with E-state index in [1.165, 1.54) is 19.4 Å². The molecule has 0 radical (unpaired) electrons. The zero-order valence-corrected chi connectivity index (χ0v) is 16.7. The highest BCUT2D eigenvalue weighted by Gasteiger charge is 2.17. The number of hydrogen-bond acceptors (Lipinski definition) is 5. The summed E-state index contributed by atoms with van der Waals surface area (Å²) >= 11 is 12.1. The van der Waals surface area contributed by atoms with E-state index in [2.05, 4.69) is 4.98 Å².